The van der Waals surface area contributed by atoms with Crippen molar-refractivity contribution in [1.29, 1.82) is 0 Å². The molecule has 2 unspecified atom stereocenters. The number of pyridine rings is 1. The predicted octanol–water partition coefficient (Wildman–Crippen LogP) is 1.54. The first-order valence-electron chi connectivity index (χ1n) is 5.31. The summed E-state index contributed by atoms with van der Waals surface area (Å²) >= 11 is 0. The summed E-state index contributed by atoms with van der Waals surface area (Å²) in [7, 11) is 0. The van der Waals surface area contributed by atoms with E-state index in [9.17, 15) is 4.39 Å². The molecule has 1 aliphatic rings. The summed E-state index contributed by atoms with van der Waals surface area (Å²) in [4.78, 5) is 6.09. The number of aromatic nitrogens is 1. The van der Waals surface area contributed by atoms with Crippen LogP contribution in [-0.4, -0.2) is 23.6 Å². The Hall–Kier alpha value is -1.16. The molecule has 2 heterocycles. The molecule has 1 aromatic heterocycles. The molecule has 4 heteroatoms. The maximum absolute atomic E-state index is 13.5. The molecule has 2 atom stereocenters. The second-order valence-corrected chi connectivity index (χ2v) is 4.14. The fourth-order valence-corrected chi connectivity index (χ4v) is 2.11. The summed E-state index contributed by atoms with van der Waals surface area (Å²) in [5, 5.41) is 0. The molecule has 1 aromatic rings. The number of halogens is 1. The van der Waals surface area contributed by atoms with E-state index in [4.69, 9.17) is 5.73 Å². The lowest BCUT2D eigenvalue weighted by Crippen LogP contribution is -2.46. The molecule has 2 N–H and O–H groups in total. The summed E-state index contributed by atoms with van der Waals surface area (Å²) in [6.07, 6.45) is 3.43. The van der Waals surface area contributed by atoms with Crippen LogP contribution in [0.15, 0.2) is 18.3 Å². The number of hydrogen-bond acceptors (Lipinski definition) is 3. The zero-order valence-electron chi connectivity index (χ0n) is 8.86. The van der Waals surface area contributed by atoms with E-state index >= 15 is 0 Å². The number of rotatable bonds is 1. The zero-order chi connectivity index (χ0) is 10.8. The molecule has 0 amide bonds. The second kappa shape index (κ2) is 4.14. The quantitative estimate of drug-likeness (QED) is 0.762. The van der Waals surface area contributed by atoms with Gasteiger partial charge in [0, 0.05) is 24.8 Å². The zero-order valence-corrected chi connectivity index (χ0v) is 8.86. The van der Waals surface area contributed by atoms with Gasteiger partial charge in [0.2, 0.25) is 0 Å². The Labute approximate surface area is 89.1 Å². The van der Waals surface area contributed by atoms with Crippen LogP contribution >= 0.6 is 0 Å². The van der Waals surface area contributed by atoms with Gasteiger partial charge in [0.05, 0.1) is 0 Å². The molecular weight excluding hydrogens is 193 g/mol. The van der Waals surface area contributed by atoms with Crippen LogP contribution in [0.5, 0.6) is 0 Å². The lowest BCUT2D eigenvalue weighted by Gasteiger charge is -2.37. The SMILES string of the molecule is CC1CC(N)CCN1c1ncccc1F. The van der Waals surface area contributed by atoms with E-state index in [1.54, 1.807) is 12.3 Å². The first-order valence-corrected chi connectivity index (χ1v) is 5.31. The number of piperidine rings is 1. The van der Waals surface area contributed by atoms with E-state index < -0.39 is 0 Å². The summed E-state index contributed by atoms with van der Waals surface area (Å²) in [6, 6.07) is 3.56. The van der Waals surface area contributed by atoms with Crippen LogP contribution in [0.25, 0.3) is 0 Å². The molecule has 0 bridgehead atoms. The van der Waals surface area contributed by atoms with Crippen LogP contribution in [0.3, 0.4) is 0 Å². The third-order valence-electron chi connectivity index (χ3n) is 2.93. The second-order valence-electron chi connectivity index (χ2n) is 4.14. The maximum atomic E-state index is 13.5. The number of nitrogens with zero attached hydrogens (tertiary/aromatic N) is 2. The molecule has 0 radical (unpaired) electrons. The predicted molar refractivity (Wildman–Crippen MR) is 58.2 cm³/mol. The van der Waals surface area contributed by atoms with Gasteiger partial charge in [-0.05, 0) is 31.9 Å². The van der Waals surface area contributed by atoms with E-state index in [1.165, 1.54) is 6.07 Å². The molecule has 0 spiro atoms. The Kier molecular flexibility index (Phi) is 2.86. The Morgan fingerprint density at radius 3 is 3.07 bits per heavy atom. The topological polar surface area (TPSA) is 42.1 Å². The Morgan fingerprint density at radius 1 is 1.60 bits per heavy atom. The van der Waals surface area contributed by atoms with Gasteiger partial charge in [-0.2, -0.15) is 0 Å². The molecule has 1 aliphatic heterocycles. The Bertz CT molecular complexity index is 342. The van der Waals surface area contributed by atoms with Crippen molar-refractivity contribution in [3.8, 4) is 0 Å². The highest BCUT2D eigenvalue weighted by molar-refractivity contribution is 5.41. The van der Waals surface area contributed by atoms with Gasteiger partial charge in [0.15, 0.2) is 11.6 Å². The standard InChI is InChI=1S/C11H16FN3/c1-8-7-9(13)4-6-15(8)11-10(12)3-2-5-14-11/h2-3,5,8-9H,4,6-7,13H2,1H3. The molecule has 82 valence electrons. The molecular formula is C11H16FN3. The molecule has 3 nitrogen and oxygen atoms in total. The van der Waals surface area contributed by atoms with Gasteiger partial charge in [-0.3, -0.25) is 0 Å². The molecule has 1 saturated heterocycles. The highest BCUT2D eigenvalue weighted by atomic mass is 19.1. The number of anilines is 1. The molecule has 2 rings (SSSR count). The minimum Gasteiger partial charge on any atom is -0.351 e. The molecule has 0 aliphatic carbocycles. The van der Waals surface area contributed by atoms with E-state index in [0.29, 0.717) is 5.82 Å². The van der Waals surface area contributed by atoms with Crippen LogP contribution < -0.4 is 10.6 Å². The average molecular weight is 209 g/mol. The van der Waals surface area contributed by atoms with Crippen molar-refractivity contribution >= 4 is 5.82 Å². The smallest absolute Gasteiger partial charge is 0.165 e. The third-order valence-corrected chi connectivity index (χ3v) is 2.93. The number of hydrogen-bond donors (Lipinski definition) is 1. The monoisotopic (exact) mass is 209 g/mol. The number of nitrogens with two attached hydrogens (primary N) is 1. The fraction of sp³-hybridized carbons (Fsp3) is 0.545. The fourth-order valence-electron chi connectivity index (χ4n) is 2.11. The van der Waals surface area contributed by atoms with Crippen LogP contribution in [0, 0.1) is 5.82 Å². The first kappa shape index (κ1) is 10.4. The van der Waals surface area contributed by atoms with Crippen LogP contribution in [0.2, 0.25) is 0 Å². The van der Waals surface area contributed by atoms with E-state index in [1.807, 2.05) is 4.90 Å². The molecule has 1 fully saturated rings. The minimum absolute atomic E-state index is 0.239. The van der Waals surface area contributed by atoms with Crippen molar-refractivity contribution in [3.63, 3.8) is 0 Å². The third kappa shape index (κ3) is 2.09. The van der Waals surface area contributed by atoms with Gasteiger partial charge in [0.25, 0.3) is 0 Å². The van der Waals surface area contributed by atoms with Gasteiger partial charge in [-0.25, -0.2) is 9.37 Å². The Morgan fingerprint density at radius 2 is 2.40 bits per heavy atom. The van der Waals surface area contributed by atoms with Crippen LogP contribution in [0.1, 0.15) is 19.8 Å². The molecule has 0 aromatic carbocycles. The minimum atomic E-state index is -0.250. The first-order chi connectivity index (χ1) is 7.18. The maximum Gasteiger partial charge on any atom is 0.165 e. The van der Waals surface area contributed by atoms with Gasteiger partial charge in [-0.15, -0.1) is 0 Å². The van der Waals surface area contributed by atoms with Crippen molar-refractivity contribution < 1.29 is 4.39 Å². The highest BCUT2D eigenvalue weighted by Crippen LogP contribution is 2.24. The van der Waals surface area contributed by atoms with Crippen molar-refractivity contribution in [1.82, 2.24) is 4.98 Å². The van der Waals surface area contributed by atoms with E-state index in [-0.39, 0.29) is 17.9 Å². The summed E-state index contributed by atoms with van der Waals surface area (Å²) in [5.41, 5.74) is 5.86. The lowest BCUT2D eigenvalue weighted by atomic mass is 9.99. The molecule has 0 saturated carbocycles. The van der Waals surface area contributed by atoms with Crippen molar-refractivity contribution in [2.45, 2.75) is 31.8 Å². The van der Waals surface area contributed by atoms with E-state index in [0.717, 1.165) is 19.4 Å². The van der Waals surface area contributed by atoms with Gasteiger partial charge in [0.1, 0.15) is 0 Å². The van der Waals surface area contributed by atoms with Crippen LogP contribution in [-0.2, 0) is 0 Å². The van der Waals surface area contributed by atoms with Crippen molar-refractivity contribution in [3.05, 3.63) is 24.1 Å². The average Bonchev–Trinajstić information content (AvgIpc) is 2.20. The highest BCUT2D eigenvalue weighted by Gasteiger charge is 2.25. The van der Waals surface area contributed by atoms with Crippen molar-refractivity contribution in [2.75, 3.05) is 11.4 Å². The molecule has 15 heavy (non-hydrogen) atoms. The lowest BCUT2D eigenvalue weighted by molar-refractivity contribution is 0.421. The normalized spacial score (nSPS) is 26.7. The summed E-state index contributed by atoms with van der Waals surface area (Å²) < 4.78 is 13.5. The van der Waals surface area contributed by atoms with Gasteiger partial charge in [-0.1, -0.05) is 0 Å². The van der Waals surface area contributed by atoms with Crippen molar-refractivity contribution in [2.24, 2.45) is 5.73 Å². The van der Waals surface area contributed by atoms with Crippen LogP contribution in [0.4, 0.5) is 10.2 Å². The van der Waals surface area contributed by atoms with Gasteiger partial charge >= 0.3 is 0 Å². The Balaban J connectivity index is 2.20. The van der Waals surface area contributed by atoms with Gasteiger partial charge < -0.3 is 10.6 Å². The summed E-state index contributed by atoms with van der Waals surface area (Å²) in [6.45, 7) is 2.85. The largest absolute Gasteiger partial charge is 0.351 e. The van der Waals surface area contributed by atoms with E-state index in [2.05, 4.69) is 11.9 Å². The summed E-state index contributed by atoms with van der Waals surface area (Å²) in [5.74, 6) is 0.205.